The molecule has 1 unspecified atom stereocenters. The minimum atomic E-state index is -0.882. The van der Waals surface area contributed by atoms with Crippen LogP contribution in [0.15, 0.2) is 18.2 Å². The van der Waals surface area contributed by atoms with Gasteiger partial charge < -0.3 is 9.84 Å². The largest absolute Gasteiger partial charge is 0.459 e. The van der Waals surface area contributed by atoms with Gasteiger partial charge in [0.2, 0.25) is 5.91 Å². The van der Waals surface area contributed by atoms with E-state index in [1.54, 1.807) is 13.8 Å². The monoisotopic (exact) mass is 334 g/mol. The number of ether oxygens (including phenoxy) is 1. The first kappa shape index (κ1) is 20.1. The van der Waals surface area contributed by atoms with Crippen LogP contribution in [0.25, 0.3) is 0 Å². The number of nitrogens with one attached hydrogen (secondary N) is 2. The third-order valence-corrected chi connectivity index (χ3v) is 2.52. The van der Waals surface area contributed by atoms with Crippen LogP contribution in [-0.4, -0.2) is 29.7 Å². The SMILES string of the molecule is CC(O)COC(=O)c1cccc(NNC(=O)C(C)C)c1F.Cl. The Hall–Kier alpha value is -1.86. The van der Waals surface area contributed by atoms with Crippen LogP contribution in [0.2, 0.25) is 0 Å². The van der Waals surface area contributed by atoms with Crippen molar-refractivity contribution in [1.29, 1.82) is 0 Å². The molecule has 0 aliphatic heterocycles. The number of hydrazine groups is 1. The van der Waals surface area contributed by atoms with Crippen molar-refractivity contribution >= 4 is 30.0 Å². The normalized spacial score (nSPS) is 11.4. The van der Waals surface area contributed by atoms with E-state index in [-0.39, 0.29) is 42.1 Å². The van der Waals surface area contributed by atoms with Gasteiger partial charge in [0.1, 0.15) is 6.61 Å². The number of benzene rings is 1. The summed E-state index contributed by atoms with van der Waals surface area (Å²) in [4.78, 5) is 23.1. The zero-order chi connectivity index (χ0) is 16.0. The average Bonchev–Trinajstić information content (AvgIpc) is 2.43. The molecule has 0 aliphatic rings. The van der Waals surface area contributed by atoms with Crippen LogP contribution in [0.4, 0.5) is 10.1 Å². The van der Waals surface area contributed by atoms with Gasteiger partial charge in [0.25, 0.3) is 0 Å². The molecule has 8 heteroatoms. The number of rotatable bonds is 6. The van der Waals surface area contributed by atoms with Crippen molar-refractivity contribution in [2.24, 2.45) is 5.92 Å². The summed E-state index contributed by atoms with van der Waals surface area (Å²) in [5.41, 5.74) is 4.43. The Bertz CT molecular complexity index is 524. The van der Waals surface area contributed by atoms with E-state index in [1.165, 1.54) is 25.1 Å². The number of esters is 1. The number of amides is 1. The number of hydrogen-bond acceptors (Lipinski definition) is 5. The molecule has 0 aromatic heterocycles. The van der Waals surface area contributed by atoms with Crippen molar-refractivity contribution in [3.05, 3.63) is 29.6 Å². The van der Waals surface area contributed by atoms with Crippen LogP contribution in [0, 0.1) is 11.7 Å². The number of carbonyl (C=O) groups is 2. The highest BCUT2D eigenvalue weighted by molar-refractivity contribution is 5.91. The van der Waals surface area contributed by atoms with Gasteiger partial charge in [0.05, 0.1) is 17.4 Å². The van der Waals surface area contributed by atoms with Gasteiger partial charge in [-0.25, -0.2) is 9.18 Å². The fraction of sp³-hybridized carbons (Fsp3) is 0.429. The molecule has 0 spiro atoms. The fourth-order valence-corrected chi connectivity index (χ4v) is 1.33. The van der Waals surface area contributed by atoms with Crippen LogP contribution in [-0.2, 0) is 9.53 Å². The smallest absolute Gasteiger partial charge is 0.341 e. The van der Waals surface area contributed by atoms with E-state index in [2.05, 4.69) is 10.9 Å². The Morgan fingerprint density at radius 3 is 2.50 bits per heavy atom. The summed E-state index contributed by atoms with van der Waals surface area (Å²) in [6.45, 7) is 4.61. The topological polar surface area (TPSA) is 87.7 Å². The molecule has 0 bridgehead atoms. The zero-order valence-electron chi connectivity index (χ0n) is 12.6. The van der Waals surface area contributed by atoms with Gasteiger partial charge >= 0.3 is 5.97 Å². The van der Waals surface area contributed by atoms with Crippen molar-refractivity contribution < 1.29 is 23.8 Å². The first-order valence-electron chi connectivity index (χ1n) is 6.52. The maximum absolute atomic E-state index is 14.1. The molecular weight excluding hydrogens is 315 g/mol. The lowest BCUT2D eigenvalue weighted by atomic mass is 10.2. The molecule has 0 radical (unpaired) electrons. The molecule has 0 heterocycles. The van der Waals surface area contributed by atoms with Crippen LogP contribution >= 0.6 is 12.4 Å². The van der Waals surface area contributed by atoms with Crippen molar-refractivity contribution in [3.8, 4) is 0 Å². The van der Waals surface area contributed by atoms with Gasteiger partial charge in [-0.15, -0.1) is 12.4 Å². The molecule has 6 nitrogen and oxygen atoms in total. The second-order valence-electron chi connectivity index (χ2n) is 4.88. The average molecular weight is 335 g/mol. The molecule has 0 saturated carbocycles. The molecule has 0 aliphatic carbocycles. The summed E-state index contributed by atoms with van der Waals surface area (Å²) in [5.74, 6) is -2.29. The molecule has 22 heavy (non-hydrogen) atoms. The molecule has 0 saturated heterocycles. The van der Waals surface area contributed by atoms with Gasteiger partial charge in [-0.2, -0.15) is 0 Å². The summed E-state index contributed by atoms with van der Waals surface area (Å²) >= 11 is 0. The van der Waals surface area contributed by atoms with E-state index in [1.807, 2.05) is 0 Å². The van der Waals surface area contributed by atoms with Crippen LogP contribution < -0.4 is 10.9 Å². The number of halogens is 2. The molecule has 1 aromatic carbocycles. The third kappa shape index (κ3) is 5.87. The molecule has 0 fully saturated rings. The van der Waals surface area contributed by atoms with Crippen molar-refractivity contribution in [2.45, 2.75) is 26.9 Å². The van der Waals surface area contributed by atoms with Crippen molar-refractivity contribution in [3.63, 3.8) is 0 Å². The molecule has 1 atom stereocenters. The van der Waals surface area contributed by atoms with E-state index in [4.69, 9.17) is 9.84 Å². The molecule has 3 N–H and O–H groups in total. The first-order valence-corrected chi connectivity index (χ1v) is 6.52. The highest BCUT2D eigenvalue weighted by Crippen LogP contribution is 2.18. The Morgan fingerprint density at radius 2 is 1.95 bits per heavy atom. The number of anilines is 1. The molecule has 1 aromatic rings. The van der Waals surface area contributed by atoms with Gasteiger partial charge in [-0.05, 0) is 19.1 Å². The molecule has 124 valence electrons. The third-order valence-electron chi connectivity index (χ3n) is 2.52. The lowest BCUT2D eigenvalue weighted by Gasteiger charge is -2.13. The number of carbonyl (C=O) groups excluding carboxylic acids is 2. The lowest BCUT2D eigenvalue weighted by molar-refractivity contribution is -0.123. The van der Waals surface area contributed by atoms with E-state index >= 15 is 0 Å². The van der Waals surface area contributed by atoms with E-state index in [9.17, 15) is 14.0 Å². The highest BCUT2D eigenvalue weighted by Gasteiger charge is 2.17. The maximum Gasteiger partial charge on any atom is 0.341 e. The van der Waals surface area contributed by atoms with Crippen LogP contribution in [0.5, 0.6) is 0 Å². The summed E-state index contributed by atoms with van der Waals surface area (Å²) in [6, 6.07) is 4.09. The Morgan fingerprint density at radius 1 is 1.32 bits per heavy atom. The predicted molar refractivity (Wildman–Crippen MR) is 82.2 cm³/mol. The summed E-state index contributed by atoms with van der Waals surface area (Å²) in [6.07, 6.45) is -0.830. The molecule has 1 rings (SSSR count). The van der Waals surface area contributed by atoms with Gasteiger partial charge in [-0.1, -0.05) is 19.9 Å². The number of aliphatic hydroxyl groups excluding tert-OH is 1. The fourth-order valence-electron chi connectivity index (χ4n) is 1.33. The zero-order valence-corrected chi connectivity index (χ0v) is 13.4. The summed E-state index contributed by atoms with van der Waals surface area (Å²) in [5, 5.41) is 9.04. The summed E-state index contributed by atoms with van der Waals surface area (Å²) < 4.78 is 18.9. The molecule has 1 amide bonds. The van der Waals surface area contributed by atoms with Crippen molar-refractivity contribution in [1.82, 2.24) is 5.43 Å². The van der Waals surface area contributed by atoms with Crippen molar-refractivity contribution in [2.75, 3.05) is 12.0 Å². The minimum Gasteiger partial charge on any atom is -0.459 e. The summed E-state index contributed by atoms with van der Waals surface area (Å²) in [7, 11) is 0. The Kier molecular flexibility index (Phi) is 8.44. The quantitative estimate of drug-likeness (QED) is 0.546. The molecular formula is C14H20ClFN2O4. The number of hydrogen-bond donors (Lipinski definition) is 3. The van der Waals surface area contributed by atoms with Crippen LogP contribution in [0.1, 0.15) is 31.1 Å². The minimum absolute atomic E-state index is 0. The number of aliphatic hydroxyl groups is 1. The van der Waals surface area contributed by atoms with E-state index < -0.39 is 17.9 Å². The standard InChI is InChI=1S/C14H19FN2O4.ClH/c1-8(2)13(19)17-16-11-6-4-5-10(12(11)15)14(20)21-7-9(3)18;/h4-6,8-9,16,18H,7H2,1-3H3,(H,17,19);1H. The highest BCUT2D eigenvalue weighted by atomic mass is 35.5. The van der Waals surface area contributed by atoms with Crippen LogP contribution in [0.3, 0.4) is 0 Å². The van der Waals surface area contributed by atoms with E-state index in [0.29, 0.717) is 0 Å². The van der Waals surface area contributed by atoms with Gasteiger partial charge in [0, 0.05) is 5.92 Å². The van der Waals surface area contributed by atoms with Gasteiger partial charge in [0.15, 0.2) is 5.82 Å². The predicted octanol–water partition coefficient (Wildman–Crippen LogP) is 1.88. The second kappa shape index (κ2) is 9.22. The maximum atomic E-state index is 14.1. The van der Waals surface area contributed by atoms with E-state index in [0.717, 1.165) is 0 Å². The van der Waals surface area contributed by atoms with Gasteiger partial charge in [-0.3, -0.25) is 15.6 Å². The lowest BCUT2D eigenvalue weighted by Crippen LogP contribution is -2.33. The first-order chi connectivity index (χ1) is 9.82. The Balaban J connectivity index is 0.00000441. The Labute approximate surface area is 134 Å². The second-order valence-corrected chi connectivity index (χ2v) is 4.88.